The van der Waals surface area contributed by atoms with Gasteiger partial charge in [-0.3, -0.25) is 4.79 Å². The van der Waals surface area contributed by atoms with Gasteiger partial charge in [-0.2, -0.15) is 0 Å². The number of aryl methyl sites for hydroxylation is 1. The Morgan fingerprint density at radius 3 is 2.65 bits per heavy atom. The van der Waals surface area contributed by atoms with Crippen LogP contribution in [-0.4, -0.2) is 38.7 Å². The third-order valence-corrected chi connectivity index (χ3v) is 6.18. The first kappa shape index (κ1) is 19.7. The lowest BCUT2D eigenvalue weighted by molar-refractivity contribution is 0.102. The Kier molecular flexibility index (Phi) is 5.65. The Morgan fingerprint density at radius 2 is 1.74 bits per heavy atom. The van der Waals surface area contributed by atoms with Gasteiger partial charge in [-0.05, 0) is 56.4 Å². The molecule has 0 spiro atoms. The molecule has 0 radical (unpaired) electrons. The molecule has 31 heavy (non-hydrogen) atoms. The third-order valence-electron chi connectivity index (χ3n) is 6.18. The molecule has 1 aromatic carbocycles. The summed E-state index contributed by atoms with van der Waals surface area (Å²) in [5.41, 5.74) is 2.34. The van der Waals surface area contributed by atoms with Crippen LogP contribution in [0.15, 0.2) is 42.6 Å². The largest absolute Gasteiger partial charge is 0.356 e. The Hall–Kier alpha value is -3.22. The average Bonchev–Trinajstić information content (AvgIpc) is 3.08. The van der Waals surface area contributed by atoms with E-state index < -0.39 is 0 Å². The summed E-state index contributed by atoms with van der Waals surface area (Å²) in [5, 5.41) is 11.9. The lowest BCUT2D eigenvalue weighted by Gasteiger charge is -2.29. The Morgan fingerprint density at radius 1 is 0.903 bits per heavy atom. The van der Waals surface area contributed by atoms with E-state index in [9.17, 15) is 4.79 Å². The zero-order chi connectivity index (χ0) is 21.0. The molecule has 1 amide bonds. The first-order valence-corrected chi connectivity index (χ1v) is 11.3. The molecule has 0 bridgehead atoms. The number of anilines is 2. The summed E-state index contributed by atoms with van der Waals surface area (Å²) in [6.07, 6.45) is 9.80. The van der Waals surface area contributed by atoms with Crippen LogP contribution in [0.2, 0.25) is 0 Å². The van der Waals surface area contributed by atoms with Crippen LogP contribution in [0.1, 0.15) is 54.7 Å². The first-order chi connectivity index (χ1) is 15.3. The van der Waals surface area contributed by atoms with E-state index in [0.717, 1.165) is 74.0 Å². The second-order valence-corrected chi connectivity index (χ2v) is 8.36. The maximum atomic E-state index is 13.1. The lowest BCUT2D eigenvalue weighted by Crippen LogP contribution is -2.32. The highest BCUT2D eigenvalue weighted by Gasteiger charge is 2.20. The minimum absolute atomic E-state index is 0.133. The molecule has 160 valence electrons. The predicted molar refractivity (Wildman–Crippen MR) is 121 cm³/mol. The van der Waals surface area contributed by atoms with E-state index in [-0.39, 0.29) is 5.91 Å². The summed E-state index contributed by atoms with van der Waals surface area (Å²) in [7, 11) is 0. The molecule has 2 aliphatic rings. The zero-order valence-corrected chi connectivity index (χ0v) is 17.8. The number of amides is 1. The molecule has 2 aromatic heterocycles. The van der Waals surface area contributed by atoms with Gasteiger partial charge in [0.05, 0.1) is 5.56 Å². The molecule has 3 aromatic rings. The summed E-state index contributed by atoms with van der Waals surface area (Å²) < 4.78 is 2.23. The Labute approximate surface area is 182 Å². The SMILES string of the molecule is O=C(Nc1cccc(-c2nnc3n2CCCCC3)c1)c1cccnc1N1CCCCC1. The van der Waals surface area contributed by atoms with Crippen LogP contribution in [0.4, 0.5) is 11.5 Å². The molecule has 0 aliphatic carbocycles. The molecule has 7 heteroatoms. The molecule has 1 N–H and O–H groups in total. The highest BCUT2D eigenvalue weighted by atomic mass is 16.1. The number of pyridine rings is 1. The van der Waals surface area contributed by atoms with Crippen LogP contribution in [0.25, 0.3) is 11.4 Å². The fourth-order valence-electron chi connectivity index (χ4n) is 4.56. The number of aromatic nitrogens is 4. The standard InChI is InChI=1S/C24H28N6O/c31-24(20-11-8-13-25-23(20)29-14-4-2-5-15-29)26-19-10-7-9-18(17-19)22-28-27-21-12-3-1-6-16-30(21)22/h7-11,13,17H,1-6,12,14-16H2,(H,26,31). The van der Waals surface area contributed by atoms with E-state index >= 15 is 0 Å². The highest BCUT2D eigenvalue weighted by molar-refractivity contribution is 6.07. The van der Waals surface area contributed by atoms with E-state index in [2.05, 4.69) is 30.0 Å². The number of nitrogens with one attached hydrogen (secondary N) is 1. The number of piperidine rings is 1. The van der Waals surface area contributed by atoms with Crippen molar-refractivity contribution in [1.82, 2.24) is 19.7 Å². The van der Waals surface area contributed by atoms with Crippen molar-refractivity contribution < 1.29 is 4.79 Å². The second-order valence-electron chi connectivity index (χ2n) is 8.36. The topological polar surface area (TPSA) is 75.9 Å². The molecule has 1 fully saturated rings. The molecule has 0 atom stereocenters. The van der Waals surface area contributed by atoms with Crippen LogP contribution >= 0.6 is 0 Å². The number of benzene rings is 1. The van der Waals surface area contributed by atoms with Gasteiger partial charge in [0.15, 0.2) is 5.82 Å². The molecule has 7 nitrogen and oxygen atoms in total. The summed E-state index contributed by atoms with van der Waals surface area (Å²) >= 11 is 0. The van der Waals surface area contributed by atoms with Crippen molar-refractivity contribution in [2.24, 2.45) is 0 Å². The summed E-state index contributed by atoms with van der Waals surface area (Å²) in [5.74, 6) is 2.58. The van der Waals surface area contributed by atoms with Gasteiger partial charge in [-0.25, -0.2) is 4.98 Å². The maximum absolute atomic E-state index is 13.1. The Balaban J connectivity index is 1.39. The fraction of sp³-hybridized carbons (Fsp3) is 0.417. The van der Waals surface area contributed by atoms with Gasteiger partial charge in [0.25, 0.3) is 5.91 Å². The third kappa shape index (κ3) is 4.17. The van der Waals surface area contributed by atoms with Gasteiger partial charge in [0.1, 0.15) is 11.6 Å². The van der Waals surface area contributed by atoms with Gasteiger partial charge in [0.2, 0.25) is 0 Å². The normalized spacial score (nSPS) is 16.5. The van der Waals surface area contributed by atoms with E-state index in [4.69, 9.17) is 0 Å². The van der Waals surface area contributed by atoms with Crippen molar-refractivity contribution in [1.29, 1.82) is 0 Å². The molecule has 2 aliphatic heterocycles. The van der Waals surface area contributed by atoms with Crippen molar-refractivity contribution in [2.45, 2.75) is 51.5 Å². The summed E-state index contributed by atoms with van der Waals surface area (Å²) in [6, 6.07) is 11.6. The number of rotatable bonds is 4. The zero-order valence-electron chi connectivity index (χ0n) is 17.8. The van der Waals surface area contributed by atoms with E-state index in [0.29, 0.717) is 5.56 Å². The predicted octanol–water partition coefficient (Wildman–Crippen LogP) is 4.31. The van der Waals surface area contributed by atoms with Crippen LogP contribution in [-0.2, 0) is 13.0 Å². The monoisotopic (exact) mass is 416 g/mol. The second kappa shape index (κ2) is 8.88. The van der Waals surface area contributed by atoms with E-state index in [1.165, 1.54) is 19.3 Å². The molecule has 5 rings (SSSR count). The van der Waals surface area contributed by atoms with Gasteiger partial charge >= 0.3 is 0 Å². The fourth-order valence-corrected chi connectivity index (χ4v) is 4.56. The van der Waals surface area contributed by atoms with Crippen molar-refractivity contribution in [3.8, 4) is 11.4 Å². The average molecular weight is 417 g/mol. The van der Waals surface area contributed by atoms with Gasteiger partial charge in [0, 0.05) is 43.5 Å². The summed E-state index contributed by atoms with van der Waals surface area (Å²) in [4.78, 5) is 19.9. The Bertz CT molecular complexity index is 1070. The smallest absolute Gasteiger partial charge is 0.259 e. The molecule has 0 unspecified atom stereocenters. The molecular weight excluding hydrogens is 388 g/mol. The first-order valence-electron chi connectivity index (χ1n) is 11.3. The van der Waals surface area contributed by atoms with Crippen LogP contribution in [0.3, 0.4) is 0 Å². The number of carbonyl (C=O) groups is 1. The quantitative estimate of drug-likeness (QED) is 0.686. The van der Waals surface area contributed by atoms with Crippen molar-refractivity contribution in [3.05, 3.63) is 54.0 Å². The van der Waals surface area contributed by atoms with Gasteiger partial charge in [-0.15, -0.1) is 10.2 Å². The van der Waals surface area contributed by atoms with E-state index in [1.54, 1.807) is 6.20 Å². The number of hydrogen-bond donors (Lipinski definition) is 1. The van der Waals surface area contributed by atoms with Gasteiger partial charge < -0.3 is 14.8 Å². The van der Waals surface area contributed by atoms with Crippen LogP contribution < -0.4 is 10.2 Å². The number of carbonyl (C=O) groups excluding carboxylic acids is 1. The number of fused-ring (bicyclic) bond motifs is 1. The molecule has 1 saturated heterocycles. The van der Waals surface area contributed by atoms with Crippen molar-refractivity contribution >= 4 is 17.4 Å². The summed E-state index contributed by atoms with van der Waals surface area (Å²) in [6.45, 7) is 2.85. The lowest BCUT2D eigenvalue weighted by atomic mass is 10.1. The van der Waals surface area contributed by atoms with Crippen molar-refractivity contribution in [3.63, 3.8) is 0 Å². The number of hydrogen-bond acceptors (Lipinski definition) is 5. The van der Waals surface area contributed by atoms with E-state index in [1.807, 2.05) is 36.4 Å². The van der Waals surface area contributed by atoms with Crippen LogP contribution in [0, 0.1) is 0 Å². The highest BCUT2D eigenvalue weighted by Crippen LogP contribution is 2.26. The minimum atomic E-state index is -0.133. The molecular formula is C24H28N6O. The maximum Gasteiger partial charge on any atom is 0.259 e. The molecule has 0 saturated carbocycles. The van der Waals surface area contributed by atoms with Gasteiger partial charge in [-0.1, -0.05) is 18.6 Å². The van der Waals surface area contributed by atoms with Crippen LogP contribution in [0.5, 0.6) is 0 Å². The molecule has 4 heterocycles. The van der Waals surface area contributed by atoms with Crippen molar-refractivity contribution in [2.75, 3.05) is 23.3 Å². The minimum Gasteiger partial charge on any atom is -0.356 e. The number of nitrogens with zero attached hydrogens (tertiary/aromatic N) is 5.